The Hall–Kier alpha value is -1.89. The second kappa shape index (κ2) is 6.68. The van der Waals surface area contributed by atoms with Gasteiger partial charge >= 0.3 is 0 Å². The van der Waals surface area contributed by atoms with Gasteiger partial charge in [-0.1, -0.05) is 31.0 Å². The summed E-state index contributed by atoms with van der Waals surface area (Å²) in [6, 6.07) is 4.75. The van der Waals surface area contributed by atoms with E-state index in [1.54, 1.807) is 9.80 Å². The Bertz CT molecular complexity index is 827. The average molecular weight is 378 g/mol. The van der Waals surface area contributed by atoms with Crippen molar-refractivity contribution in [1.82, 2.24) is 9.80 Å². The monoisotopic (exact) mass is 378 g/mol. The normalized spacial score (nSPS) is 24.7. The molecule has 0 unspecified atom stereocenters. The van der Waals surface area contributed by atoms with E-state index >= 15 is 0 Å². The van der Waals surface area contributed by atoms with Crippen molar-refractivity contribution in [1.29, 1.82) is 0 Å². The van der Waals surface area contributed by atoms with Crippen LogP contribution in [0.1, 0.15) is 35.3 Å². The van der Waals surface area contributed by atoms with Crippen molar-refractivity contribution >= 4 is 21.7 Å². The molecule has 2 fully saturated rings. The molecular formula is C19H26N2O4S. The smallest absolute Gasteiger partial charge is 0.254 e. The largest absolute Gasteiger partial charge is 0.335 e. The van der Waals surface area contributed by atoms with Gasteiger partial charge in [0.1, 0.15) is 0 Å². The zero-order valence-electron chi connectivity index (χ0n) is 15.7. The van der Waals surface area contributed by atoms with Gasteiger partial charge < -0.3 is 9.80 Å². The lowest BCUT2D eigenvalue weighted by atomic mass is 10.00. The number of hydrogen-bond acceptors (Lipinski definition) is 4. The Labute approximate surface area is 155 Å². The summed E-state index contributed by atoms with van der Waals surface area (Å²) < 4.78 is 24.5. The maximum atomic E-state index is 13.1. The first-order valence-electron chi connectivity index (χ1n) is 8.99. The lowest BCUT2D eigenvalue weighted by Crippen LogP contribution is -2.62. The van der Waals surface area contributed by atoms with E-state index in [4.69, 9.17) is 0 Å². The second-order valence-corrected chi connectivity index (χ2v) is 9.93. The maximum Gasteiger partial charge on any atom is 0.254 e. The van der Waals surface area contributed by atoms with E-state index in [1.165, 1.54) is 0 Å². The summed E-state index contributed by atoms with van der Waals surface area (Å²) in [4.78, 5) is 28.9. The molecule has 142 valence electrons. The first-order valence-corrected chi connectivity index (χ1v) is 10.8. The zero-order valence-corrected chi connectivity index (χ0v) is 16.5. The first-order chi connectivity index (χ1) is 12.1. The van der Waals surface area contributed by atoms with Crippen LogP contribution < -0.4 is 0 Å². The molecule has 0 N–H and O–H groups in total. The highest BCUT2D eigenvalue weighted by atomic mass is 32.2. The van der Waals surface area contributed by atoms with Crippen LogP contribution >= 0.6 is 0 Å². The minimum Gasteiger partial charge on any atom is -0.335 e. The van der Waals surface area contributed by atoms with E-state index in [-0.39, 0.29) is 29.2 Å². The summed E-state index contributed by atoms with van der Waals surface area (Å²) in [7, 11) is -3.27. The number of amides is 2. The third-order valence-electron chi connectivity index (χ3n) is 5.18. The Morgan fingerprint density at radius 3 is 2.00 bits per heavy atom. The highest BCUT2D eigenvalue weighted by Crippen LogP contribution is 2.29. The van der Waals surface area contributed by atoms with Crippen LogP contribution in [-0.2, 0) is 14.6 Å². The Balaban J connectivity index is 1.93. The molecule has 26 heavy (non-hydrogen) atoms. The topological polar surface area (TPSA) is 74.8 Å². The van der Waals surface area contributed by atoms with Gasteiger partial charge in [-0.05, 0) is 26.0 Å². The van der Waals surface area contributed by atoms with Crippen molar-refractivity contribution in [3.05, 3.63) is 34.9 Å². The molecule has 0 bridgehead atoms. The molecule has 2 heterocycles. The Kier molecular flexibility index (Phi) is 4.86. The molecule has 0 aromatic heterocycles. The van der Waals surface area contributed by atoms with Crippen LogP contribution in [0.3, 0.4) is 0 Å². The fourth-order valence-corrected chi connectivity index (χ4v) is 6.06. The van der Waals surface area contributed by atoms with Gasteiger partial charge in [0.15, 0.2) is 9.84 Å². The number of sulfone groups is 1. The SMILES string of the molecule is Cc1cc(C)cc(C(=O)N2CCN(C(=O)C(C)C)[C@@H]3CS(=O)(=O)C[C@@H]32)c1. The van der Waals surface area contributed by atoms with Gasteiger partial charge in [0, 0.05) is 24.6 Å². The predicted octanol–water partition coefficient (Wildman–Crippen LogP) is 1.41. The number of piperazine rings is 1. The van der Waals surface area contributed by atoms with Gasteiger partial charge in [-0.15, -0.1) is 0 Å². The highest BCUT2D eigenvalue weighted by molar-refractivity contribution is 7.91. The van der Waals surface area contributed by atoms with Gasteiger partial charge in [0.2, 0.25) is 5.91 Å². The summed E-state index contributed by atoms with van der Waals surface area (Å²) >= 11 is 0. The van der Waals surface area contributed by atoms with Crippen LogP contribution in [0.5, 0.6) is 0 Å². The van der Waals surface area contributed by atoms with Gasteiger partial charge in [-0.2, -0.15) is 0 Å². The van der Waals surface area contributed by atoms with E-state index in [0.29, 0.717) is 18.7 Å². The molecule has 2 aliphatic heterocycles. The summed E-state index contributed by atoms with van der Waals surface area (Å²) in [6.45, 7) is 8.24. The van der Waals surface area contributed by atoms with Crippen LogP contribution in [0.4, 0.5) is 0 Å². The van der Waals surface area contributed by atoms with E-state index in [2.05, 4.69) is 0 Å². The average Bonchev–Trinajstić information content (AvgIpc) is 2.86. The van der Waals surface area contributed by atoms with Crippen molar-refractivity contribution in [3.63, 3.8) is 0 Å². The third kappa shape index (κ3) is 3.49. The van der Waals surface area contributed by atoms with E-state index in [1.807, 2.05) is 45.9 Å². The van der Waals surface area contributed by atoms with E-state index < -0.39 is 21.9 Å². The summed E-state index contributed by atoms with van der Waals surface area (Å²) in [5.74, 6) is -0.528. The molecule has 0 aliphatic carbocycles. The van der Waals surface area contributed by atoms with Gasteiger partial charge in [0.25, 0.3) is 5.91 Å². The molecule has 7 heteroatoms. The molecule has 2 atom stereocenters. The van der Waals surface area contributed by atoms with Crippen LogP contribution in [0, 0.1) is 19.8 Å². The summed E-state index contributed by atoms with van der Waals surface area (Å²) in [5, 5.41) is 0. The number of aryl methyl sites for hydroxylation is 2. The number of rotatable bonds is 2. The zero-order chi connectivity index (χ0) is 19.2. The molecule has 2 amide bonds. The first kappa shape index (κ1) is 18.9. The molecule has 0 spiro atoms. The fourth-order valence-electron chi connectivity index (χ4n) is 4.07. The second-order valence-electron chi connectivity index (χ2n) is 7.77. The van der Waals surface area contributed by atoms with Crippen molar-refractivity contribution < 1.29 is 18.0 Å². The lowest BCUT2D eigenvalue weighted by molar-refractivity contribution is -0.139. The third-order valence-corrected chi connectivity index (χ3v) is 6.88. The van der Waals surface area contributed by atoms with Gasteiger partial charge in [-0.25, -0.2) is 8.42 Å². The number of carbonyl (C=O) groups excluding carboxylic acids is 2. The molecule has 1 aromatic rings. The molecule has 0 radical (unpaired) electrons. The minimum atomic E-state index is -3.27. The summed E-state index contributed by atoms with van der Waals surface area (Å²) in [6.07, 6.45) is 0. The Morgan fingerprint density at radius 2 is 1.46 bits per heavy atom. The number of carbonyl (C=O) groups is 2. The fraction of sp³-hybridized carbons (Fsp3) is 0.579. The Morgan fingerprint density at radius 1 is 0.962 bits per heavy atom. The van der Waals surface area contributed by atoms with Crippen molar-refractivity contribution in [2.45, 2.75) is 39.8 Å². The quantitative estimate of drug-likeness (QED) is 0.780. The van der Waals surface area contributed by atoms with Crippen LogP contribution in [0.2, 0.25) is 0 Å². The maximum absolute atomic E-state index is 13.1. The van der Waals surface area contributed by atoms with Crippen molar-refractivity contribution in [3.8, 4) is 0 Å². The van der Waals surface area contributed by atoms with E-state index in [9.17, 15) is 18.0 Å². The van der Waals surface area contributed by atoms with Gasteiger partial charge in [0.05, 0.1) is 23.6 Å². The number of nitrogens with zero attached hydrogens (tertiary/aromatic N) is 2. The molecule has 2 saturated heterocycles. The van der Waals surface area contributed by atoms with Crippen LogP contribution in [0.25, 0.3) is 0 Å². The number of fused-ring (bicyclic) bond motifs is 1. The molecule has 0 saturated carbocycles. The molecular weight excluding hydrogens is 352 g/mol. The van der Waals surface area contributed by atoms with Crippen molar-refractivity contribution in [2.75, 3.05) is 24.6 Å². The standard InChI is InChI=1S/C19H26N2O4S/c1-12(2)18(22)20-5-6-21(17-11-26(24,25)10-16(17)20)19(23)15-8-13(3)7-14(4)9-15/h7-9,12,16-17H,5-6,10-11H2,1-4H3/t16-,17+/m1/s1. The molecule has 1 aromatic carbocycles. The van der Waals surface area contributed by atoms with Gasteiger partial charge in [-0.3, -0.25) is 9.59 Å². The van der Waals surface area contributed by atoms with Crippen molar-refractivity contribution in [2.24, 2.45) is 5.92 Å². The molecule has 3 rings (SSSR count). The van der Waals surface area contributed by atoms with E-state index in [0.717, 1.165) is 11.1 Å². The summed E-state index contributed by atoms with van der Waals surface area (Å²) in [5.41, 5.74) is 2.57. The predicted molar refractivity (Wildman–Crippen MR) is 99.7 cm³/mol. The number of hydrogen-bond donors (Lipinski definition) is 0. The van der Waals surface area contributed by atoms with Crippen LogP contribution in [0.15, 0.2) is 18.2 Å². The minimum absolute atomic E-state index is 0.0457. The molecule has 2 aliphatic rings. The van der Waals surface area contributed by atoms with Crippen LogP contribution in [-0.4, -0.2) is 66.7 Å². The molecule has 6 nitrogen and oxygen atoms in total. The highest BCUT2D eigenvalue weighted by Gasteiger charge is 2.49. The lowest BCUT2D eigenvalue weighted by Gasteiger charge is -2.44. The number of benzene rings is 1.